The third-order valence-corrected chi connectivity index (χ3v) is 2.44. The summed E-state index contributed by atoms with van der Waals surface area (Å²) >= 11 is 5.52. The minimum Gasteiger partial charge on any atom is -0.495 e. The van der Waals surface area contributed by atoms with Crippen LogP contribution >= 0.6 is 11.6 Å². The summed E-state index contributed by atoms with van der Waals surface area (Å²) in [6.07, 6.45) is 0. The van der Waals surface area contributed by atoms with Crippen molar-refractivity contribution in [2.24, 2.45) is 0 Å². The van der Waals surface area contributed by atoms with E-state index in [1.807, 2.05) is 31.3 Å². The highest BCUT2D eigenvalue weighted by atomic mass is 35.5. The highest BCUT2D eigenvalue weighted by molar-refractivity contribution is 6.17. The van der Waals surface area contributed by atoms with Crippen LogP contribution in [-0.4, -0.2) is 39.8 Å². The molecule has 0 unspecified atom stereocenters. The van der Waals surface area contributed by atoms with Crippen molar-refractivity contribution in [3.8, 4) is 5.75 Å². The van der Waals surface area contributed by atoms with Crippen molar-refractivity contribution in [1.29, 1.82) is 0 Å². The van der Waals surface area contributed by atoms with Gasteiger partial charge in [0.2, 0.25) is 0 Å². The number of rotatable bonds is 7. The van der Waals surface area contributed by atoms with Gasteiger partial charge in [-0.05, 0) is 12.1 Å². The molecular formula is C12H18ClNO2. The van der Waals surface area contributed by atoms with E-state index in [2.05, 4.69) is 4.90 Å². The van der Waals surface area contributed by atoms with Gasteiger partial charge in [-0.15, -0.1) is 11.6 Å². The maximum atomic E-state index is 5.52. The molecule has 0 fully saturated rings. The second-order valence-electron chi connectivity index (χ2n) is 3.39. The summed E-state index contributed by atoms with van der Waals surface area (Å²) in [7, 11) is 3.69. The van der Waals surface area contributed by atoms with E-state index in [1.165, 1.54) is 0 Å². The Morgan fingerprint density at radius 3 is 2.69 bits per heavy atom. The first kappa shape index (κ1) is 13.1. The van der Waals surface area contributed by atoms with E-state index in [-0.39, 0.29) is 0 Å². The summed E-state index contributed by atoms with van der Waals surface area (Å²) < 4.78 is 10.6. The predicted octanol–water partition coefficient (Wildman–Crippen LogP) is 2.39. The van der Waals surface area contributed by atoms with Crippen LogP contribution in [0.4, 0.5) is 5.69 Å². The third kappa shape index (κ3) is 3.91. The molecule has 0 spiro atoms. The van der Waals surface area contributed by atoms with Gasteiger partial charge in [0.25, 0.3) is 0 Å². The number of methoxy groups -OCH3 is 1. The van der Waals surface area contributed by atoms with Crippen LogP contribution in [-0.2, 0) is 4.74 Å². The molecule has 0 saturated carbocycles. The van der Waals surface area contributed by atoms with Crippen LogP contribution in [0.25, 0.3) is 0 Å². The number of ether oxygens (including phenoxy) is 2. The van der Waals surface area contributed by atoms with Gasteiger partial charge in [0.15, 0.2) is 0 Å². The lowest BCUT2D eigenvalue weighted by Gasteiger charge is -2.21. The fourth-order valence-corrected chi connectivity index (χ4v) is 1.53. The molecule has 3 nitrogen and oxygen atoms in total. The van der Waals surface area contributed by atoms with Gasteiger partial charge in [-0.1, -0.05) is 12.1 Å². The lowest BCUT2D eigenvalue weighted by molar-refractivity contribution is 0.156. The molecule has 0 aliphatic rings. The van der Waals surface area contributed by atoms with E-state index >= 15 is 0 Å². The van der Waals surface area contributed by atoms with E-state index in [1.54, 1.807) is 7.11 Å². The summed E-state index contributed by atoms with van der Waals surface area (Å²) in [5.41, 5.74) is 1.07. The first-order valence-electron chi connectivity index (χ1n) is 5.27. The zero-order valence-corrected chi connectivity index (χ0v) is 10.5. The van der Waals surface area contributed by atoms with Gasteiger partial charge < -0.3 is 14.4 Å². The van der Waals surface area contributed by atoms with Crippen LogP contribution < -0.4 is 9.64 Å². The van der Waals surface area contributed by atoms with Crippen LogP contribution in [0.15, 0.2) is 24.3 Å². The molecule has 0 aromatic heterocycles. The molecule has 0 radical (unpaired) electrons. The second-order valence-corrected chi connectivity index (χ2v) is 3.77. The molecule has 0 heterocycles. The molecule has 0 saturated heterocycles. The van der Waals surface area contributed by atoms with Gasteiger partial charge in [-0.25, -0.2) is 0 Å². The Morgan fingerprint density at radius 1 is 1.25 bits per heavy atom. The Labute approximate surface area is 102 Å². The van der Waals surface area contributed by atoms with E-state index < -0.39 is 0 Å². The highest BCUT2D eigenvalue weighted by Gasteiger charge is 2.06. The summed E-state index contributed by atoms with van der Waals surface area (Å²) in [4.78, 5) is 2.10. The molecule has 1 rings (SSSR count). The quantitative estimate of drug-likeness (QED) is 0.542. The maximum absolute atomic E-state index is 5.52. The van der Waals surface area contributed by atoms with Crippen LogP contribution in [0.2, 0.25) is 0 Å². The van der Waals surface area contributed by atoms with Gasteiger partial charge >= 0.3 is 0 Å². The Morgan fingerprint density at radius 2 is 2.00 bits per heavy atom. The molecule has 16 heavy (non-hydrogen) atoms. The third-order valence-electron chi connectivity index (χ3n) is 2.29. The number of halogens is 1. The lowest BCUT2D eigenvalue weighted by atomic mass is 10.2. The number of hydrogen-bond donors (Lipinski definition) is 0. The standard InChI is InChI=1S/C12H18ClNO2/c1-14(8-10-16-9-7-13)11-5-3-4-6-12(11)15-2/h3-6H,7-10H2,1-2H3. The average molecular weight is 244 g/mol. The van der Waals surface area contributed by atoms with Gasteiger partial charge in [0.1, 0.15) is 5.75 Å². The maximum Gasteiger partial charge on any atom is 0.142 e. The van der Waals surface area contributed by atoms with Gasteiger partial charge in [-0.2, -0.15) is 0 Å². The number of likely N-dealkylation sites (N-methyl/N-ethyl adjacent to an activating group) is 1. The Balaban J connectivity index is 2.48. The van der Waals surface area contributed by atoms with E-state index in [9.17, 15) is 0 Å². The molecule has 0 atom stereocenters. The van der Waals surface area contributed by atoms with Crippen molar-refractivity contribution in [3.63, 3.8) is 0 Å². The largest absolute Gasteiger partial charge is 0.495 e. The summed E-state index contributed by atoms with van der Waals surface area (Å²) in [5.74, 6) is 1.42. The first-order valence-corrected chi connectivity index (χ1v) is 5.81. The van der Waals surface area contributed by atoms with Crippen molar-refractivity contribution < 1.29 is 9.47 Å². The monoisotopic (exact) mass is 243 g/mol. The second kappa shape index (κ2) is 7.36. The number of nitrogens with zero attached hydrogens (tertiary/aromatic N) is 1. The number of benzene rings is 1. The normalized spacial score (nSPS) is 10.2. The van der Waals surface area contributed by atoms with E-state index in [4.69, 9.17) is 21.1 Å². The topological polar surface area (TPSA) is 21.7 Å². The number of alkyl halides is 1. The molecular weight excluding hydrogens is 226 g/mol. The molecule has 0 aliphatic carbocycles. The SMILES string of the molecule is COc1ccccc1N(C)CCOCCCl. The van der Waals surface area contributed by atoms with Crippen LogP contribution in [0, 0.1) is 0 Å². The molecule has 0 bridgehead atoms. The van der Waals surface area contributed by atoms with E-state index in [0.29, 0.717) is 19.1 Å². The molecule has 0 aliphatic heterocycles. The minimum absolute atomic E-state index is 0.540. The lowest BCUT2D eigenvalue weighted by Crippen LogP contribution is -2.23. The molecule has 0 N–H and O–H groups in total. The Bertz CT molecular complexity index is 307. The first-order chi connectivity index (χ1) is 7.79. The number of para-hydroxylation sites is 2. The molecule has 0 amide bonds. The van der Waals surface area contributed by atoms with Crippen molar-refractivity contribution >= 4 is 17.3 Å². The highest BCUT2D eigenvalue weighted by Crippen LogP contribution is 2.26. The van der Waals surface area contributed by atoms with Crippen molar-refractivity contribution in [1.82, 2.24) is 0 Å². The van der Waals surface area contributed by atoms with Gasteiger partial charge in [0, 0.05) is 19.5 Å². The van der Waals surface area contributed by atoms with Crippen LogP contribution in [0.1, 0.15) is 0 Å². The summed E-state index contributed by atoms with van der Waals surface area (Å²) in [6, 6.07) is 7.93. The van der Waals surface area contributed by atoms with Gasteiger partial charge in [-0.3, -0.25) is 0 Å². The summed E-state index contributed by atoms with van der Waals surface area (Å²) in [6.45, 7) is 2.08. The average Bonchev–Trinajstić information content (AvgIpc) is 2.34. The fraction of sp³-hybridized carbons (Fsp3) is 0.500. The molecule has 4 heteroatoms. The van der Waals surface area contributed by atoms with Crippen molar-refractivity contribution in [3.05, 3.63) is 24.3 Å². The van der Waals surface area contributed by atoms with Crippen molar-refractivity contribution in [2.45, 2.75) is 0 Å². The molecule has 1 aromatic rings. The van der Waals surface area contributed by atoms with Crippen LogP contribution in [0.5, 0.6) is 5.75 Å². The van der Waals surface area contributed by atoms with E-state index in [0.717, 1.165) is 18.0 Å². The Kier molecular flexibility index (Phi) is 6.04. The molecule has 1 aromatic carbocycles. The molecule has 90 valence electrons. The van der Waals surface area contributed by atoms with Crippen LogP contribution in [0.3, 0.4) is 0 Å². The Hall–Kier alpha value is -0.930. The van der Waals surface area contributed by atoms with Gasteiger partial charge in [0.05, 0.1) is 26.0 Å². The summed E-state index contributed by atoms with van der Waals surface area (Å²) in [5, 5.41) is 0. The minimum atomic E-state index is 0.540. The predicted molar refractivity (Wildman–Crippen MR) is 67.8 cm³/mol. The fourth-order valence-electron chi connectivity index (χ4n) is 1.42. The van der Waals surface area contributed by atoms with Crippen molar-refractivity contribution in [2.75, 3.05) is 44.7 Å². The number of hydrogen-bond acceptors (Lipinski definition) is 3. The zero-order valence-electron chi connectivity index (χ0n) is 9.78. The smallest absolute Gasteiger partial charge is 0.142 e. The number of anilines is 1. The zero-order chi connectivity index (χ0) is 11.8.